The molecule has 0 bridgehead atoms. The highest BCUT2D eigenvalue weighted by Gasteiger charge is 1.90. The van der Waals surface area contributed by atoms with Gasteiger partial charge >= 0.3 is 0 Å². The van der Waals surface area contributed by atoms with Gasteiger partial charge in [-0.15, -0.1) is 0 Å². The van der Waals surface area contributed by atoms with Gasteiger partial charge in [0.05, 0.1) is 0 Å². The lowest BCUT2D eigenvalue weighted by Crippen LogP contribution is -2.15. The fraction of sp³-hybridized carbons (Fsp3) is 0.167. The molecule has 0 saturated heterocycles. The number of hydrogen-bond acceptors (Lipinski definition) is 1. The van der Waals surface area contributed by atoms with Gasteiger partial charge < -0.3 is 5.73 Å². The van der Waals surface area contributed by atoms with Crippen molar-refractivity contribution in [3.8, 4) is 0 Å². The van der Waals surface area contributed by atoms with Crippen molar-refractivity contribution in [3.63, 3.8) is 0 Å². The summed E-state index contributed by atoms with van der Waals surface area (Å²) in [7, 11) is 0. The van der Waals surface area contributed by atoms with Crippen LogP contribution in [0.5, 0.6) is 0 Å². The first kappa shape index (κ1) is 6.96. The summed E-state index contributed by atoms with van der Waals surface area (Å²) in [4.78, 5) is 0. The fourth-order valence-corrected chi connectivity index (χ4v) is 0.221. The molecule has 0 spiro atoms. The van der Waals surface area contributed by atoms with Crippen molar-refractivity contribution in [2.45, 2.75) is 6.04 Å². The third kappa shape index (κ3) is 5.96. The Bertz CT molecular complexity index is 33.2. The third-order valence-corrected chi connectivity index (χ3v) is 0.494. The van der Waals surface area contributed by atoms with Crippen LogP contribution in [0.3, 0.4) is 0 Å². The highest BCUT2D eigenvalue weighted by molar-refractivity contribution is 5.02. The van der Waals surface area contributed by atoms with Gasteiger partial charge in [-0.3, -0.25) is 0 Å². The van der Waals surface area contributed by atoms with Crippen molar-refractivity contribution in [2.75, 3.05) is 0 Å². The number of rotatable bonds is 3. The maximum Gasteiger partial charge on any atom is 0.00739 e. The van der Waals surface area contributed by atoms with Crippen LogP contribution in [0.1, 0.15) is 0 Å². The minimum Gasteiger partial charge on any atom is -0.327 e. The maximum atomic E-state index is 5.23. The van der Waals surface area contributed by atoms with Crippen LogP contribution >= 0.6 is 0 Å². The molecule has 0 heterocycles. The van der Waals surface area contributed by atoms with E-state index in [1.165, 1.54) is 0 Å². The summed E-state index contributed by atoms with van der Waals surface area (Å²) >= 11 is 0. The molecule has 0 amide bonds. The van der Waals surface area contributed by atoms with Crippen LogP contribution in [-0.2, 0) is 0 Å². The molecule has 0 aliphatic heterocycles. The summed E-state index contributed by atoms with van der Waals surface area (Å²) in [6.07, 6.45) is 5.22. The van der Waals surface area contributed by atoms with Gasteiger partial charge in [0.2, 0.25) is 0 Å². The molecule has 1 atom stereocenters. The predicted molar refractivity (Wildman–Crippen MR) is 31.6 cm³/mol. The van der Waals surface area contributed by atoms with E-state index in [-0.39, 0.29) is 6.04 Å². The quantitative estimate of drug-likeness (QED) is 0.547. The Labute approximate surface area is 45.9 Å². The zero-order chi connectivity index (χ0) is 5.70. The molecule has 0 aromatic rings. The lowest BCUT2D eigenvalue weighted by molar-refractivity contribution is 0.952. The second-order valence-corrected chi connectivity index (χ2v) is 1.28. The van der Waals surface area contributed by atoms with E-state index in [2.05, 4.69) is 13.8 Å². The van der Waals surface area contributed by atoms with Crippen LogP contribution in [0.2, 0.25) is 0 Å². The molecular formula is C6H10N. The largest absolute Gasteiger partial charge is 0.327 e. The van der Waals surface area contributed by atoms with Gasteiger partial charge in [-0.05, 0) is 33.1 Å². The highest BCUT2D eigenvalue weighted by atomic mass is 14.6. The van der Waals surface area contributed by atoms with Crippen LogP contribution in [0.4, 0.5) is 0 Å². The van der Waals surface area contributed by atoms with E-state index in [1.807, 2.05) is 0 Å². The maximum absolute atomic E-state index is 5.23. The minimum atomic E-state index is -0.0991. The first-order valence-electron chi connectivity index (χ1n) is 2.15. The van der Waals surface area contributed by atoms with Crippen LogP contribution in [-0.4, -0.2) is 6.04 Å². The normalized spacial score (nSPS) is 14.1. The first-order chi connectivity index (χ1) is 3.27. The molecule has 0 aliphatic rings. The molecule has 0 saturated carbocycles. The molecule has 0 unspecified atom stereocenters. The van der Waals surface area contributed by atoms with Crippen molar-refractivity contribution in [1.82, 2.24) is 0 Å². The summed E-state index contributed by atoms with van der Waals surface area (Å²) in [6.45, 7) is 6.98. The van der Waals surface area contributed by atoms with Crippen molar-refractivity contribution < 1.29 is 0 Å². The third-order valence-electron chi connectivity index (χ3n) is 0.494. The van der Waals surface area contributed by atoms with Crippen molar-refractivity contribution in [2.24, 2.45) is 5.73 Å². The topological polar surface area (TPSA) is 26.0 Å². The molecule has 0 rings (SSSR count). The standard InChI is InChI=1S/C6H10N/c1-3-4-5-6(2)7/h3-6H,1-2,7H2/t6-/m0/s1. The summed E-state index contributed by atoms with van der Waals surface area (Å²) in [6, 6.07) is -0.0991. The van der Waals surface area contributed by atoms with Gasteiger partial charge in [0.25, 0.3) is 0 Å². The second-order valence-electron chi connectivity index (χ2n) is 1.28. The molecule has 1 nitrogen and oxygen atoms in total. The minimum absolute atomic E-state index is 0.0991. The zero-order valence-corrected chi connectivity index (χ0v) is 4.30. The van der Waals surface area contributed by atoms with Gasteiger partial charge in [-0.25, -0.2) is 0 Å². The van der Waals surface area contributed by atoms with Crippen LogP contribution in [0, 0.1) is 33.1 Å². The molecule has 7 heavy (non-hydrogen) atoms. The van der Waals surface area contributed by atoms with E-state index in [4.69, 9.17) is 5.73 Å². The Kier molecular flexibility index (Phi) is 4.10. The number of hydrogen-bond donors (Lipinski definition) is 1. The van der Waals surface area contributed by atoms with E-state index in [0.717, 1.165) is 0 Å². The lowest BCUT2D eigenvalue weighted by atomic mass is 10.2. The molecule has 39 valence electrons. The second kappa shape index (κ2) is 4.13. The first-order valence-corrected chi connectivity index (χ1v) is 2.15. The van der Waals surface area contributed by atoms with Crippen LogP contribution in [0.25, 0.3) is 0 Å². The summed E-state index contributed by atoms with van der Waals surface area (Å²) in [5.41, 5.74) is 5.23. The molecule has 0 fully saturated rings. The van der Waals surface area contributed by atoms with Gasteiger partial charge in [-0.1, -0.05) is 0 Å². The summed E-state index contributed by atoms with van der Waals surface area (Å²) in [5, 5.41) is 0. The van der Waals surface area contributed by atoms with E-state index < -0.39 is 0 Å². The Balaban J connectivity index is 2.68. The Morgan fingerprint density at radius 3 is 2.29 bits per heavy atom. The van der Waals surface area contributed by atoms with E-state index in [0.29, 0.717) is 0 Å². The van der Waals surface area contributed by atoms with Gasteiger partial charge in [0, 0.05) is 6.04 Å². The fourth-order valence-electron chi connectivity index (χ4n) is 0.221. The van der Waals surface area contributed by atoms with Crippen LogP contribution in [0.15, 0.2) is 0 Å². The molecule has 0 aromatic carbocycles. The Morgan fingerprint density at radius 2 is 2.14 bits per heavy atom. The van der Waals surface area contributed by atoms with Crippen LogP contribution < -0.4 is 5.73 Å². The van der Waals surface area contributed by atoms with E-state index in [1.54, 1.807) is 19.3 Å². The van der Waals surface area contributed by atoms with Gasteiger partial charge in [0.1, 0.15) is 0 Å². The van der Waals surface area contributed by atoms with E-state index >= 15 is 0 Å². The Hall–Kier alpha value is -0.0400. The zero-order valence-electron chi connectivity index (χ0n) is 4.30. The average molecular weight is 96.2 g/mol. The molecule has 0 aromatic heterocycles. The summed E-state index contributed by atoms with van der Waals surface area (Å²) in [5.74, 6) is 0. The smallest absolute Gasteiger partial charge is 0.00739 e. The molecule has 1 heteroatoms. The van der Waals surface area contributed by atoms with Gasteiger partial charge in [-0.2, -0.15) is 0 Å². The molecule has 5 radical (unpaired) electrons. The average Bonchev–Trinajstić information content (AvgIpc) is 1.61. The predicted octanol–water partition coefficient (Wildman–Crippen LogP) is 0.595. The molecule has 2 N–H and O–H groups in total. The monoisotopic (exact) mass is 96.1 g/mol. The van der Waals surface area contributed by atoms with Crippen molar-refractivity contribution in [3.05, 3.63) is 33.1 Å². The van der Waals surface area contributed by atoms with E-state index in [9.17, 15) is 0 Å². The van der Waals surface area contributed by atoms with Gasteiger partial charge in [0.15, 0.2) is 0 Å². The van der Waals surface area contributed by atoms with Crippen molar-refractivity contribution in [1.29, 1.82) is 0 Å². The molecule has 0 aliphatic carbocycles. The summed E-state index contributed by atoms with van der Waals surface area (Å²) < 4.78 is 0. The molecular weight excluding hydrogens is 86.1 g/mol. The SMILES string of the molecule is [CH2][CH][CH][CH][C@H]([CH2])N. The number of nitrogens with two attached hydrogens (primary N) is 1. The lowest BCUT2D eigenvalue weighted by Gasteiger charge is -1.98. The number of unbranched alkanes of at least 4 members (excludes halogenated alkanes) is 1. The Morgan fingerprint density at radius 1 is 1.57 bits per heavy atom. The highest BCUT2D eigenvalue weighted by Crippen LogP contribution is 1.90. The van der Waals surface area contributed by atoms with Crippen molar-refractivity contribution >= 4 is 0 Å².